The average molecular weight is 375 g/mol. The van der Waals surface area contributed by atoms with E-state index in [0.29, 0.717) is 5.69 Å². The number of nitrogens with zero attached hydrogens (tertiary/aromatic N) is 3. The second-order valence-corrected chi connectivity index (χ2v) is 6.82. The highest BCUT2D eigenvalue weighted by atomic mass is 79.9. The van der Waals surface area contributed by atoms with Crippen LogP contribution in [0, 0.1) is 5.92 Å². The van der Waals surface area contributed by atoms with E-state index < -0.39 is 0 Å². The fraction of sp³-hybridized carbons (Fsp3) is 0.353. The van der Waals surface area contributed by atoms with Crippen LogP contribution in [-0.2, 0) is 0 Å². The number of hydrogen-bond acceptors (Lipinski definition) is 4. The molecule has 1 aliphatic rings. The molecule has 6 heteroatoms. The molecule has 0 aliphatic carbocycles. The van der Waals surface area contributed by atoms with Gasteiger partial charge in [-0.1, -0.05) is 22.9 Å². The Hall–Kier alpha value is -1.95. The SMILES string of the molecule is CC1CCN(c2ccc(C(=O)Nc3ccc(Br)cc3)nn2)CC1. The first-order valence-electron chi connectivity index (χ1n) is 7.77. The standard InChI is InChI=1S/C17H19BrN4O/c1-12-8-10-22(11-9-12)16-7-6-15(20-21-16)17(23)19-14-4-2-13(18)3-5-14/h2-7,12H,8-11H2,1H3,(H,19,23). The molecule has 0 atom stereocenters. The van der Waals surface area contributed by atoms with Crippen molar-refractivity contribution in [2.75, 3.05) is 23.3 Å². The zero-order valence-corrected chi connectivity index (χ0v) is 14.6. The minimum atomic E-state index is -0.251. The lowest BCUT2D eigenvalue weighted by molar-refractivity contribution is 0.102. The van der Waals surface area contributed by atoms with Crippen LogP contribution in [0.2, 0.25) is 0 Å². The Morgan fingerprint density at radius 2 is 1.83 bits per heavy atom. The van der Waals surface area contributed by atoms with E-state index in [0.717, 1.165) is 35.0 Å². The summed E-state index contributed by atoms with van der Waals surface area (Å²) in [6.45, 7) is 4.28. The molecular weight excluding hydrogens is 356 g/mol. The third-order valence-corrected chi connectivity index (χ3v) is 4.62. The summed E-state index contributed by atoms with van der Waals surface area (Å²) in [4.78, 5) is 14.4. The van der Waals surface area contributed by atoms with Gasteiger partial charge in [-0.2, -0.15) is 0 Å². The number of rotatable bonds is 3. The molecule has 1 amide bonds. The molecule has 1 fully saturated rings. The van der Waals surface area contributed by atoms with E-state index >= 15 is 0 Å². The smallest absolute Gasteiger partial charge is 0.276 e. The fourth-order valence-corrected chi connectivity index (χ4v) is 2.85. The lowest BCUT2D eigenvalue weighted by Gasteiger charge is -2.30. The zero-order chi connectivity index (χ0) is 16.2. The van der Waals surface area contributed by atoms with Gasteiger partial charge in [0.05, 0.1) is 0 Å². The van der Waals surface area contributed by atoms with Crippen molar-refractivity contribution in [3.8, 4) is 0 Å². The van der Waals surface area contributed by atoms with Crippen LogP contribution in [0.4, 0.5) is 11.5 Å². The van der Waals surface area contributed by atoms with Crippen molar-refractivity contribution < 1.29 is 4.79 Å². The van der Waals surface area contributed by atoms with Gasteiger partial charge in [-0.25, -0.2) is 0 Å². The molecule has 1 aromatic carbocycles. The van der Waals surface area contributed by atoms with Crippen LogP contribution >= 0.6 is 15.9 Å². The topological polar surface area (TPSA) is 58.1 Å². The average Bonchev–Trinajstić information content (AvgIpc) is 2.58. The predicted octanol–water partition coefficient (Wildman–Crippen LogP) is 3.73. The van der Waals surface area contributed by atoms with Crippen molar-refractivity contribution >= 4 is 33.3 Å². The Kier molecular flexibility index (Phi) is 4.91. The van der Waals surface area contributed by atoms with Gasteiger partial charge in [0.2, 0.25) is 0 Å². The van der Waals surface area contributed by atoms with Crippen LogP contribution in [0.1, 0.15) is 30.3 Å². The highest BCUT2D eigenvalue weighted by molar-refractivity contribution is 9.10. The zero-order valence-electron chi connectivity index (χ0n) is 13.0. The molecule has 2 heterocycles. The molecule has 0 spiro atoms. The Labute approximate surface area is 144 Å². The lowest BCUT2D eigenvalue weighted by Crippen LogP contribution is -2.33. The third kappa shape index (κ3) is 4.07. The van der Waals surface area contributed by atoms with Gasteiger partial charge in [0, 0.05) is 23.2 Å². The summed E-state index contributed by atoms with van der Waals surface area (Å²) in [5.74, 6) is 1.37. The first-order valence-corrected chi connectivity index (χ1v) is 8.57. The van der Waals surface area contributed by atoms with Crippen molar-refractivity contribution in [3.05, 3.63) is 46.6 Å². The van der Waals surface area contributed by atoms with E-state index in [2.05, 4.69) is 43.3 Å². The maximum absolute atomic E-state index is 12.2. The summed E-state index contributed by atoms with van der Waals surface area (Å²) in [5, 5.41) is 11.1. The minimum absolute atomic E-state index is 0.251. The molecule has 1 aromatic heterocycles. The maximum Gasteiger partial charge on any atom is 0.276 e. The number of halogens is 1. The lowest BCUT2D eigenvalue weighted by atomic mass is 9.99. The monoisotopic (exact) mass is 374 g/mol. The minimum Gasteiger partial charge on any atom is -0.355 e. The molecule has 5 nitrogen and oxygen atoms in total. The van der Waals surface area contributed by atoms with E-state index in [1.165, 1.54) is 12.8 Å². The Morgan fingerprint density at radius 3 is 2.43 bits per heavy atom. The Morgan fingerprint density at radius 1 is 1.13 bits per heavy atom. The Balaban J connectivity index is 1.64. The van der Waals surface area contributed by atoms with Crippen LogP contribution in [0.25, 0.3) is 0 Å². The number of amides is 1. The number of aromatic nitrogens is 2. The van der Waals surface area contributed by atoms with Gasteiger partial charge in [-0.15, -0.1) is 10.2 Å². The van der Waals surface area contributed by atoms with Gasteiger partial charge >= 0.3 is 0 Å². The van der Waals surface area contributed by atoms with Crippen molar-refractivity contribution in [1.82, 2.24) is 10.2 Å². The highest BCUT2D eigenvalue weighted by Gasteiger charge is 2.18. The quantitative estimate of drug-likeness (QED) is 0.888. The summed E-state index contributed by atoms with van der Waals surface area (Å²) in [6, 6.07) is 11.0. The molecule has 1 N–H and O–H groups in total. The van der Waals surface area contributed by atoms with Crippen molar-refractivity contribution in [2.24, 2.45) is 5.92 Å². The van der Waals surface area contributed by atoms with E-state index in [4.69, 9.17) is 0 Å². The third-order valence-electron chi connectivity index (χ3n) is 4.09. The largest absolute Gasteiger partial charge is 0.355 e. The second-order valence-electron chi connectivity index (χ2n) is 5.91. The molecule has 2 aromatic rings. The second kappa shape index (κ2) is 7.08. The normalized spacial score (nSPS) is 15.5. The highest BCUT2D eigenvalue weighted by Crippen LogP contribution is 2.21. The molecule has 1 aliphatic heterocycles. The van der Waals surface area contributed by atoms with Gasteiger partial charge in [0.15, 0.2) is 11.5 Å². The van der Waals surface area contributed by atoms with Crippen molar-refractivity contribution in [1.29, 1.82) is 0 Å². The number of hydrogen-bond donors (Lipinski definition) is 1. The molecule has 0 saturated carbocycles. The first kappa shape index (κ1) is 15.9. The van der Waals surface area contributed by atoms with E-state index in [9.17, 15) is 4.79 Å². The van der Waals surface area contributed by atoms with Crippen LogP contribution in [-0.4, -0.2) is 29.2 Å². The van der Waals surface area contributed by atoms with Gasteiger partial charge in [-0.3, -0.25) is 4.79 Å². The van der Waals surface area contributed by atoms with E-state index in [1.54, 1.807) is 6.07 Å². The number of benzene rings is 1. The van der Waals surface area contributed by atoms with Crippen molar-refractivity contribution in [3.63, 3.8) is 0 Å². The summed E-state index contributed by atoms with van der Waals surface area (Å²) >= 11 is 3.37. The maximum atomic E-state index is 12.2. The molecule has 0 radical (unpaired) electrons. The van der Waals surface area contributed by atoms with Crippen LogP contribution in [0.15, 0.2) is 40.9 Å². The van der Waals surface area contributed by atoms with Crippen molar-refractivity contribution in [2.45, 2.75) is 19.8 Å². The van der Waals surface area contributed by atoms with E-state index in [-0.39, 0.29) is 5.91 Å². The van der Waals surface area contributed by atoms with Gasteiger partial charge in [0.1, 0.15) is 0 Å². The Bertz CT molecular complexity index is 664. The molecule has 23 heavy (non-hydrogen) atoms. The number of piperidine rings is 1. The number of anilines is 2. The summed E-state index contributed by atoms with van der Waals surface area (Å²) in [5.41, 5.74) is 1.05. The number of carbonyl (C=O) groups is 1. The number of carbonyl (C=O) groups excluding carboxylic acids is 1. The summed E-state index contributed by atoms with van der Waals surface area (Å²) in [6.07, 6.45) is 2.35. The fourth-order valence-electron chi connectivity index (χ4n) is 2.58. The summed E-state index contributed by atoms with van der Waals surface area (Å²) < 4.78 is 0.968. The van der Waals surface area contributed by atoms with Crippen LogP contribution in [0.5, 0.6) is 0 Å². The van der Waals surface area contributed by atoms with Gasteiger partial charge < -0.3 is 10.2 Å². The predicted molar refractivity (Wildman–Crippen MR) is 94.7 cm³/mol. The van der Waals surface area contributed by atoms with Crippen LogP contribution < -0.4 is 10.2 Å². The van der Waals surface area contributed by atoms with Crippen LogP contribution in [0.3, 0.4) is 0 Å². The molecule has 0 unspecified atom stereocenters. The molecule has 120 valence electrons. The first-order chi connectivity index (χ1) is 11.1. The summed E-state index contributed by atoms with van der Waals surface area (Å²) in [7, 11) is 0. The molecule has 0 bridgehead atoms. The van der Waals surface area contributed by atoms with Gasteiger partial charge in [-0.05, 0) is 55.2 Å². The molecule has 1 saturated heterocycles. The number of nitrogens with one attached hydrogen (secondary N) is 1. The molecule has 3 rings (SSSR count). The molecular formula is C17H19BrN4O. The van der Waals surface area contributed by atoms with Gasteiger partial charge in [0.25, 0.3) is 5.91 Å². The van der Waals surface area contributed by atoms with E-state index in [1.807, 2.05) is 30.3 Å².